The normalized spacial score (nSPS) is 20.0. The number of aryl methyl sites for hydroxylation is 1. The summed E-state index contributed by atoms with van der Waals surface area (Å²) in [5, 5.41) is 5.17. The van der Waals surface area contributed by atoms with Gasteiger partial charge in [0, 0.05) is 23.9 Å². The van der Waals surface area contributed by atoms with Gasteiger partial charge in [-0.3, -0.25) is 4.79 Å². The van der Waals surface area contributed by atoms with Gasteiger partial charge in [-0.2, -0.15) is 0 Å². The van der Waals surface area contributed by atoms with Gasteiger partial charge in [0.1, 0.15) is 0 Å². The molecular formula is C16H26N2OS. The molecular weight excluding hydrogens is 268 g/mol. The van der Waals surface area contributed by atoms with Crippen LogP contribution in [-0.4, -0.2) is 37.0 Å². The Labute approximate surface area is 126 Å². The predicted octanol–water partition coefficient (Wildman–Crippen LogP) is 2.98. The smallest absolute Gasteiger partial charge is 0.220 e. The molecule has 20 heavy (non-hydrogen) atoms. The molecule has 3 nitrogen and oxygen atoms in total. The lowest BCUT2D eigenvalue weighted by Crippen LogP contribution is -2.37. The van der Waals surface area contributed by atoms with E-state index in [0.717, 1.165) is 19.4 Å². The highest BCUT2D eigenvalue weighted by atomic mass is 32.1. The van der Waals surface area contributed by atoms with Crippen LogP contribution in [0.5, 0.6) is 0 Å². The summed E-state index contributed by atoms with van der Waals surface area (Å²) in [4.78, 5) is 15.7. The number of rotatable bonds is 6. The number of nitrogens with one attached hydrogen (secondary N) is 1. The molecule has 0 radical (unpaired) electrons. The van der Waals surface area contributed by atoms with Crippen LogP contribution in [0.4, 0.5) is 0 Å². The summed E-state index contributed by atoms with van der Waals surface area (Å²) in [5.41, 5.74) is 1.34. The molecule has 0 unspecified atom stereocenters. The van der Waals surface area contributed by atoms with Crippen molar-refractivity contribution in [3.63, 3.8) is 0 Å². The van der Waals surface area contributed by atoms with Gasteiger partial charge in [0.2, 0.25) is 5.91 Å². The van der Waals surface area contributed by atoms with E-state index in [-0.39, 0.29) is 5.91 Å². The van der Waals surface area contributed by atoms with E-state index in [4.69, 9.17) is 0 Å². The van der Waals surface area contributed by atoms with E-state index in [2.05, 4.69) is 35.6 Å². The summed E-state index contributed by atoms with van der Waals surface area (Å²) in [7, 11) is 2.18. The fourth-order valence-electron chi connectivity index (χ4n) is 2.87. The molecule has 0 aliphatic carbocycles. The molecule has 0 bridgehead atoms. The minimum absolute atomic E-state index is 0.207. The maximum atomic E-state index is 11.9. The van der Waals surface area contributed by atoms with Crippen molar-refractivity contribution in [2.45, 2.75) is 51.5 Å². The molecule has 1 aliphatic rings. The van der Waals surface area contributed by atoms with Crippen molar-refractivity contribution in [2.24, 2.45) is 0 Å². The van der Waals surface area contributed by atoms with Crippen molar-refractivity contribution in [2.75, 3.05) is 20.1 Å². The number of thiophene rings is 1. The second kappa shape index (κ2) is 7.79. The highest BCUT2D eigenvalue weighted by molar-refractivity contribution is 7.10. The van der Waals surface area contributed by atoms with Crippen LogP contribution in [0, 0.1) is 6.92 Å². The quantitative estimate of drug-likeness (QED) is 0.875. The molecule has 0 aromatic carbocycles. The monoisotopic (exact) mass is 294 g/mol. The standard InChI is InChI=1S/C16H26N2OS/c1-13-9-12-20-15(13)8-10-17-16(19)7-6-14-5-3-4-11-18(14)2/h9,12,14H,3-8,10-11H2,1-2H3,(H,17,19)/t14-/m1/s1. The Morgan fingerprint density at radius 3 is 3.05 bits per heavy atom. The maximum absolute atomic E-state index is 11.9. The molecule has 1 aromatic heterocycles. The number of carbonyl (C=O) groups excluding carboxylic acids is 1. The van der Waals surface area contributed by atoms with Crippen molar-refractivity contribution in [3.05, 3.63) is 21.9 Å². The summed E-state index contributed by atoms with van der Waals surface area (Å²) in [6.07, 6.45) is 6.49. The number of piperidine rings is 1. The van der Waals surface area contributed by atoms with Gasteiger partial charge in [0.15, 0.2) is 0 Å². The summed E-state index contributed by atoms with van der Waals surface area (Å²) in [6, 6.07) is 2.75. The van der Waals surface area contributed by atoms with Gasteiger partial charge in [-0.1, -0.05) is 6.42 Å². The fourth-order valence-corrected chi connectivity index (χ4v) is 3.78. The van der Waals surface area contributed by atoms with Crippen molar-refractivity contribution >= 4 is 17.2 Å². The molecule has 1 aromatic rings. The largest absolute Gasteiger partial charge is 0.356 e. The molecule has 1 saturated heterocycles. The van der Waals surface area contributed by atoms with E-state index in [0.29, 0.717) is 12.5 Å². The Kier molecular flexibility index (Phi) is 6.05. The van der Waals surface area contributed by atoms with Crippen LogP contribution in [0.2, 0.25) is 0 Å². The van der Waals surface area contributed by atoms with Crippen LogP contribution in [0.1, 0.15) is 42.5 Å². The first kappa shape index (κ1) is 15.5. The highest BCUT2D eigenvalue weighted by Gasteiger charge is 2.19. The van der Waals surface area contributed by atoms with E-state index >= 15 is 0 Å². The predicted molar refractivity (Wildman–Crippen MR) is 85.3 cm³/mol. The van der Waals surface area contributed by atoms with Gasteiger partial charge < -0.3 is 10.2 Å². The molecule has 1 atom stereocenters. The van der Waals surface area contributed by atoms with Gasteiger partial charge in [0.25, 0.3) is 0 Å². The van der Waals surface area contributed by atoms with Crippen LogP contribution >= 0.6 is 11.3 Å². The van der Waals surface area contributed by atoms with Gasteiger partial charge >= 0.3 is 0 Å². The molecule has 2 heterocycles. The van der Waals surface area contributed by atoms with E-state index in [1.54, 1.807) is 11.3 Å². The first-order valence-electron chi connectivity index (χ1n) is 7.66. The first-order chi connectivity index (χ1) is 9.66. The highest BCUT2D eigenvalue weighted by Crippen LogP contribution is 2.19. The second-order valence-corrected chi connectivity index (χ2v) is 6.80. The van der Waals surface area contributed by atoms with Crippen LogP contribution in [0.3, 0.4) is 0 Å². The summed E-state index contributed by atoms with van der Waals surface area (Å²) in [5.74, 6) is 0.207. The van der Waals surface area contributed by atoms with Crippen molar-refractivity contribution < 1.29 is 4.79 Å². The van der Waals surface area contributed by atoms with E-state index in [1.807, 2.05) is 0 Å². The number of amides is 1. The van der Waals surface area contributed by atoms with E-state index < -0.39 is 0 Å². The molecule has 1 amide bonds. The SMILES string of the molecule is Cc1ccsc1CCNC(=O)CC[C@H]1CCCCN1C. The van der Waals surface area contributed by atoms with Crippen molar-refractivity contribution in [1.29, 1.82) is 0 Å². The number of likely N-dealkylation sites (tertiary alicyclic amines) is 1. The lowest BCUT2D eigenvalue weighted by Gasteiger charge is -2.32. The number of carbonyl (C=O) groups is 1. The molecule has 1 fully saturated rings. The third kappa shape index (κ3) is 4.60. The van der Waals surface area contributed by atoms with Gasteiger partial charge in [-0.05, 0) is 63.2 Å². The molecule has 1 N–H and O–H groups in total. The third-order valence-electron chi connectivity index (χ3n) is 4.27. The zero-order valence-electron chi connectivity index (χ0n) is 12.7. The molecule has 112 valence electrons. The first-order valence-corrected chi connectivity index (χ1v) is 8.54. The molecule has 4 heteroatoms. The number of hydrogen-bond donors (Lipinski definition) is 1. The zero-order valence-corrected chi connectivity index (χ0v) is 13.5. The average molecular weight is 294 g/mol. The maximum Gasteiger partial charge on any atom is 0.220 e. The Hall–Kier alpha value is -0.870. The summed E-state index contributed by atoms with van der Waals surface area (Å²) >= 11 is 1.78. The number of nitrogens with zero attached hydrogens (tertiary/aromatic N) is 1. The van der Waals surface area contributed by atoms with E-state index in [9.17, 15) is 4.79 Å². The second-order valence-electron chi connectivity index (χ2n) is 5.80. The minimum Gasteiger partial charge on any atom is -0.356 e. The average Bonchev–Trinajstić information content (AvgIpc) is 2.84. The van der Waals surface area contributed by atoms with E-state index in [1.165, 1.54) is 36.2 Å². The number of hydrogen-bond acceptors (Lipinski definition) is 3. The van der Waals surface area contributed by atoms with Crippen molar-refractivity contribution in [1.82, 2.24) is 10.2 Å². The fraction of sp³-hybridized carbons (Fsp3) is 0.688. The summed E-state index contributed by atoms with van der Waals surface area (Å²) in [6.45, 7) is 4.08. The molecule has 2 rings (SSSR count). The van der Waals surface area contributed by atoms with Crippen LogP contribution in [0.25, 0.3) is 0 Å². The van der Waals surface area contributed by atoms with Crippen molar-refractivity contribution in [3.8, 4) is 0 Å². The van der Waals surface area contributed by atoms with Gasteiger partial charge in [-0.15, -0.1) is 11.3 Å². The van der Waals surface area contributed by atoms with Crippen LogP contribution in [-0.2, 0) is 11.2 Å². The molecule has 0 saturated carbocycles. The lowest BCUT2D eigenvalue weighted by molar-refractivity contribution is -0.121. The van der Waals surface area contributed by atoms with Gasteiger partial charge in [0.05, 0.1) is 0 Å². The minimum atomic E-state index is 0.207. The zero-order chi connectivity index (χ0) is 14.4. The Morgan fingerprint density at radius 1 is 1.50 bits per heavy atom. The molecule has 0 spiro atoms. The summed E-state index contributed by atoms with van der Waals surface area (Å²) < 4.78 is 0. The topological polar surface area (TPSA) is 32.3 Å². The Morgan fingerprint density at radius 2 is 2.35 bits per heavy atom. The van der Waals surface area contributed by atoms with Crippen LogP contribution in [0.15, 0.2) is 11.4 Å². The van der Waals surface area contributed by atoms with Crippen LogP contribution < -0.4 is 5.32 Å². The lowest BCUT2D eigenvalue weighted by atomic mass is 9.98. The Bertz CT molecular complexity index is 430. The Balaban J connectivity index is 1.62. The third-order valence-corrected chi connectivity index (χ3v) is 5.35. The molecule has 1 aliphatic heterocycles. The van der Waals surface area contributed by atoms with Gasteiger partial charge in [-0.25, -0.2) is 0 Å².